The fraction of sp³-hybridized carbons (Fsp3) is 0.0833. The van der Waals surface area contributed by atoms with E-state index in [1.807, 2.05) is 29.8 Å². The van der Waals surface area contributed by atoms with Crippen LogP contribution in [0.2, 0.25) is 0 Å². The highest BCUT2D eigenvalue weighted by Gasteiger charge is 2.12. The molecule has 0 atom stereocenters. The fourth-order valence-electron chi connectivity index (χ4n) is 1.34. The fourth-order valence-corrected chi connectivity index (χ4v) is 1.34. The van der Waals surface area contributed by atoms with Crippen LogP contribution < -0.4 is 4.57 Å². The lowest BCUT2D eigenvalue weighted by Gasteiger charge is -1.97. The predicted molar refractivity (Wildman–Crippen MR) is 55.3 cm³/mol. The van der Waals surface area contributed by atoms with Crippen molar-refractivity contribution < 1.29 is 9.36 Å². The second-order valence-corrected chi connectivity index (χ2v) is 3.30. The van der Waals surface area contributed by atoms with Gasteiger partial charge in [0.25, 0.3) is 0 Å². The maximum atomic E-state index is 11.9. The van der Waals surface area contributed by atoms with Crippen LogP contribution in [-0.4, -0.2) is 10.8 Å². The van der Waals surface area contributed by atoms with E-state index in [2.05, 4.69) is 4.98 Å². The molecule has 0 aliphatic rings. The van der Waals surface area contributed by atoms with Gasteiger partial charge in [0.2, 0.25) is 5.78 Å². The molecule has 0 bridgehead atoms. The van der Waals surface area contributed by atoms with Crippen LogP contribution in [0.25, 0.3) is 0 Å². The van der Waals surface area contributed by atoms with Gasteiger partial charge in [0.1, 0.15) is 7.05 Å². The van der Waals surface area contributed by atoms with Crippen LogP contribution in [0.1, 0.15) is 16.1 Å². The summed E-state index contributed by atoms with van der Waals surface area (Å²) in [7, 11) is 1.86. The van der Waals surface area contributed by atoms with Gasteiger partial charge in [-0.2, -0.15) is 0 Å². The Morgan fingerprint density at radius 2 is 2.00 bits per heavy atom. The number of aromatic nitrogens is 2. The average Bonchev–Trinajstić information content (AvgIpc) is 2.29. The van der Waals surface area contributed by atoms with Gasteiger partial charge in [-0.15, -0.1) is 0 Å². The maximum absolute atomic E-state index is 11.9. The largest absolute Gasteiger partial charge is 0.287 e. The van der Waals surface area contributed by atoms with Crippen LogP contribution in [0.3, 0.4) is 0 Å². The van der Waals surface area contributed by atoms with Gasteiger partial charge in [-0.25, -0.2) is 9.55 Å². The first-order valence-electron chi connectivity index (χ1n) is 4.68. The molecule has 0 N–H and O–H groups in total. The van der Waals surface area contributed by atoms with E-state index in [9.17, 15) is 4.79 Å². The zero-order valence-electron chi connectivity index (χ0n) is 8.42. The van der Waals surface area contributed by atoms with Gasteiger partial charge in [0.15, 0.2) is 18.1 Å². The second-order valence-electron chi connectivity index (χ2n) is 3.30. The number of nitrogens with zero attached hydrogens (tertiary/aromatic N) is 2. The van der Waals surface area contributed by atoms with Crippen LogP contribution in [-0.2, 0) is 7.05 Å². The molecule has 0 saturated carbocycles. The van der Waals surface area contributed by atoms with Crippen molar-refractivity contribution in [1.29, 1.82) is 0 Å². The highest BCUT2D eigenvalue weighted by molar-refractivity contribution is 6.07. The number of carbonyl (C=O) groups is 1. The Balaban J connectivity index is 2.37. The van der Waals surface area contributed by atoms with Gasteiger partial charge in [-0.1, -0.05) is 30.3 Å². The molecule has 0 amide bonds. The molecule has 15 heavy (non-hydrogen) atoms. The van der Waals surface area contributed by atoms with E-state index in [-0.39, 0.29) is 5.78 Å². The van der Waals surface area contributed by atoms with Gasteiger partial charge in [0, 0.05) is 5.56 Å². The molecule has 0 saturated heterocycles. The van der Waals surface area contributed by atoms with Crippen LogP contribution in [0.15, 0.2) is 48.9 Å². The molecule has 3 heteroatoms. The number of carbonyl (C=O) groups excluding carboxylic acids is 1. The van der Waals surface area contributed by atoms with Crippen LogP contribution in [0, 0.1) is 0 Å². The zero-order valence-corrected chi connectivity index (χ0v) is 8.42. The lowest BCUT2D eigenvalue weighted by atomic mass is 10.1. The summed E-state index contributed by atoms with van der Waals surface area (Å²) in [5, 5.41) is 0. The van der Waals surface area contributed by atoms with Gasteiger partial charge >= 0.3 is 0 Å². The molecule has 0 spiro atoms. The molecule has 0 unspecified atom stereocenters. The summed E-state index contributed by atoms with van der Waals surface area (Å²) in [6.07, 6.45) is 5.13. The summed E-state index contributed by atoms with van der Waals surface area (Å²) in [5.41, 5.74) is 1.13. The first kappa shape index (κ1) is 9.52. The lowest BCUT2D eigenvalue weighted by molar-refractivity contribution is -0.672. The summed E-state index contributed by atoms with van der Waals surface area (Å²) < 4.78 is 1.81. The number of hydrogen-bond acceptors (Lipinski definition) is 2. The third-order valence-corrected chi connectivity index (χ3v) is 2.11. The summed E-state index contributed by atoms with van der Waals surface area (Å²) in [4.78, 5) is 16.0. The van der Waals surface area contributed by atoms with E-state index >= 15 is 0 Å². The molecule has 0 aliphatic carbocycles. The van der Waals surface area contributed by atoms with Crippen molar-refractivity contribution in [3.8, 4) is 0 Å². The molecular weight excluding hydrogens is 188 g/mol. The van der Waals surface area contributed by atoms with Gasteiger partial charge in [-0.05, 0) is 0 Å². The van der Waals surface area contributed by atoms with E-state index < -0.39 is 0 Å². The molecule has 74 valence electrons. The summed E-state index contributed by atoms with van der Waals surface area (Å²) >= 11 is 0. The van der Waals surface area contributed by atoms with E-state index in [1.54, 1.807) is 30.7 Å². The summed E-state index contributed by atoms with van der Waals surface area (Å²) in [6.45, 7) is 0. The second kappa shape index (κ2) is 4.00. The van der Waals surface area contributed by atoms with Crippen molar-refractivity contribution in [3.63, 3.8) is 0 Å². The molecule has 1 aromatic carbocycles. The van der Waals surface area contributed by atoms with Crippen molar-refractivity contribution in [1.82, 2.24) is 4.98 Å². The molecular formula is C12H11N2O+. The third-order valence-electron chi connectivity index (χ3n) is 2.11. The number of rotatable bonds is 2. The quantitative estimate of drug-likeness (QED) is 0.537. The molecule has 3 nitrogen and oxygen atoms in total. The van der Waals surface area contributed by atoms with Crippen LogP contribution in [0.4, 0.5) is 0 Å². The first-order valence-corrected chi connectivity index (χ1v) is 4.68. The van der Waals surface area contributed by atoms with Crippen molar-refractivity contribution in [2.24, 2.45) is 7.05 Å². The molecule has 0 radical (unpaired) electrons. The minimum Gasteiger partial charge on any atom is -0.287 e. The number of aryl methyl sites for hydroxylation is 1. The normalized spacial score (nSPS) is 9.93. The van der Waals surface area contributed by atoms with Gasteiger partial charge < -0.3 is 0 Å². The minimum absolute atomic E-state index is 0.0493. The molecule has 1 aromatic heterocycles. The Labute approximate surface area is 88.0 Å². The first-order chi connectivity index (χ1) is 7.27. The molecule has 2 aromatic rings. The summed E-state index contributed by atoms with van der Waals surface area (Å²) in [6, 6.07) is 9.15. The van der Waals surface area contributed by atoms with E-state index in [1.165, 1.54) is 0 Å². The molecule has 0 fully saturated rings. The van der Waals surface area contributed by atoms with Gasteiger partial charge in [-0.3, -0.25) is 4.79 Å². The van der Waals surface area contributed by atoms with Crippen LogP contribution >= 0.6 is 0 Å². The Bertz CT molecular complexity index is 480. The molecule has 0 aliphatic heterocycles. The summed E-state index contributed by atoms with van der Waals surface area (Å²) in [5.74, 6) is -0.0493. The standard InChI is InChI=1S/C12H11N2O/c1-14-8-7-13-11(9-14)12(15)10-5-3-2-4-6-10/h2-9H,1H3/q+1. The zero-order chi connectivity index (χ0) is 10.7. The van der Waals surface area contributed by atoms with Crippen molar-refractivity contribution >= 4 is 5.78 Å². The predicted octanol–water partition coefficient (Wildman–Crippen LogP) is 1.14. The van der Waals surface area contributed by atoms with E-state index in [0.717, 1.165) is 0 Å². The smallest absolute Gasteiger partial charge is 0.217 e. The highest BCUT2D eigenvalue weighted by Crippen LogP contribution is 2.04. The third kappa shape index (κ3) is 2.07. The number of ketones is 1. The lowest BCUT2D eigenvalue weighted by Crippen LogP contribution is -2.28. The monoisotopic (exact) mass is 199 g/mol. The Morgan fingerprint density at radius 1 is 1.27 bits per heavy atom. The van der Waals surface area contributed by atoms with Crippen LogP contribution in [0.5, 0.6) is 0 Å². The Morgan fingerprint density at radius 3 is 2.67 bits per heavy atom. The topological polar surface area (TPSA) is 33.8 Å². The maximum Gasteiger partial charge on any atom is 0.217 e. The average molecular weight is 199 g/mol. The number of hydrogen-bond donors (Lipinski definition) is 0. The van der Waals surface area contributed by atoms with Crippen molar-refractivity contribution in [2.45, 2.75) is 0 Å². The highest BCUT2D eigenvalue weighted by atomic mass is 16.1. The van der Waals surface area contributed by atoms with E-state index in [4.69, 9.17) is 0 Å². The van der Waals surface area contributed by atoms with Gasteiger partial charge in [0.05, 0.1) is 6.20 Å². The minimum atomic E-state index is -0.0493. The Hall–Kier alpha value is -2.03. The van der Waals surface area contributed by atoms with Crippen molar-refractivity contribution in [2.75, 3.05) is 0 Å². The molecule has 1 heterocycles. The Kier molecular flexibility index (Phi) is 2.54. The SMILES string of the molecule is C[n+]1ccnc(C(=O)c2ccccc2)c1. The number of benzene rings is 1. The molecule has 2 rings (SSSR count). The van der Waals surface area contributed by atoms with E-state index in [0.29, 0.717) is 11.3 Å². The van der Waals surface area contributed by atoms with Crippen molar-refractivity contribution in [3.05, 3.63) is 60.2 Å².